The minimum absolute atomic E-state index is 0.0290. The van der Waals surface area contributed by atoms with Crippen LogP contribution in [0, 0.1) is 23.7 Å². The quantitative estimate of drug-likeness (QED) is 0.505. The summed E-state index contributed by atoms with van der Waals surface area (Å²) in [6.07, 6.45) is 6.42. The minimum Gasteiger partial charge on any atom is -0.354 e. The third-order valence-electron chi connectivity index (χ3n) is 6.14. The van der Waals surface area contributed by atoms with Gasteiger partial charge in [-0.15, -0.1) is 0 Å². The van der Waals surface area contributed by atoms with Crippen LogP contribution < -0.4 is 10.5 Å². The zero-order valence-corrected chi connectivity index (χ0v) is 16.6. The molecule has 1 saturated heterocycles. The van der Waals surface area contributed by atoms with Gasteiger partial charge in [-0.1, -0.05) is 24.3 Å². The summed E-state index contributed by atoms with van der Waals surface area (Å²) in [5.41, 5.74) is 0.833. The maximum atomic E-state index is 12.7. The predicted octanol–water partition coefficient (Wildman–Crippen LogP) is 0.190. The Balaban J connectivity index is 1.30. The van der Waals surface area contributed by atoms with Crippen molar-refractivity contribution in [2.75, 3.05) is 13.1 Å². The molecule has 0 aromatic heterocycles. The van der Waals surface area contributed by atoms with E-state index in [1.54, 1.807) is 12.1 Å². The third-order valence-corrected chi connectivity index (χ3v) is 7.07. The zero-order valence-electron chi connectivity index (χ0n) is 15.8. The second-order valence-electron chi connectivity index (χ2n) is 7.89. The first kappa shape index (κ1) is 19.8. The predicted molar refractivity (Wildman–Crippen MR) is 104 cm³/mol. The number of sulfonamides is 1. The van der Waals surface area contributed by atoms with Crippen LogP contribution in [0.4, 0.5) is 0 Å². The van der Waals surface area contributed by atoms with Crippen molar-refractivity contribution < 1.29 is 22.8 Å². The van der Waals surface area contributed by atoms with Crippen molar-refractivity contribution in [1.29, 1.82) is 0 Å². The Hall–Kier alpha value is -2.52. The summed E-state index contributed by atoms with van der Waals surface area (Å²) >= 11 is 0. The summed E-state index contributed by atoms with van der Waals surface area (Å²) < 4.78 is 22.5. The van der Waals surface area contributed by atoms with E-state index in [-0.39, 0.29) is 52.8 Å². The number of allylic oxidation sites excluding steroid dienone is 2. The van der Waals surface area contributed by atoms with Crippen LogP contribution in [-0.4, -0.2) is 44.1 Å². The van der Waals surface area contributed by atoms with Gasteiger partial charge < -0.3 is 5.32 Å². The van der Waals surface area contributed by atoms with Crippen LogP contribution in [-0.2, 0) is 30.8 Å². The fraction of sp³-hybridized carbons (Fsp3) is 0.450. The van der Waals surface area contributed by atoms with Gasteiger partial charge in [0.2, 0.25) is 27.7 Å². The Morgan fingerprint density at radius 3 is 2.07 bits per heavy atom. The largest absolute Gasteiger partial charge is 0.354 e. The molecule has 0 spiro atoms. The van der Waals surface area contributed by atoms with Gasteiger partial charge in [-0.25, -0.2) is 13.6 Å². The average molecular weight is 417 g/mol. The molecule has 1 aliphatic heterocycles. The molecular weight excluding hydrogens is 394 g/mol. The number of rotatable bonds is 6. The van der Waals surface area contributed by atoms with E-state index in [1.807, 2.05) is 12.2 Å². The van der Waals surface area contributed by atoms with Gasteiger partial charge in [0.05, 0.1) is 16.7 Å². The molecule has 1 saturated carbocycles. The maximum absolute atomic E-state index is 12.7. The van der Waals surface area contributed by atoms with Crippen molar-refractivity contribution in [1.82, 2.24) is 10.2 Å². The van der Waals surface area contributed by atoms with Crippen molar-refractivity contribution in [2.45, 2.75) is 24.2 Å². The first-order chi connectivity index (χ1) is 13.8. The first-order valence-corrected chi connectivity index (χ1v) is 11.2. The molecule has 9 heteroatoms. The molecule has 29 heavy (non-hydrogen) atoms. The highest BCUT2D eigenvalue weighted by molar-refractivity contribution is 7.89. The highest BCUT2D eigenvalue weighted by Gasteiger charge is 2.56. The number of fused-ring (bicyclic) bond motifs is 1. The van der Waals surface area contributed by atoms with E-state index in [1.165, 1.54) is 12.1 Å². The summed E-state index contributed by atoms with van der Waals surface area (Å²) in [6.45, 7) is 0.0535. The Morgan fingerprint density at radius 1 is 1.03 bits per heavy atom. The van der Waals surface area contributed by atoms with Crippen LogP contribution in [0.3, 0.4) is 0 Å². The molecule has 154 valence electrons. The molecule has 4 aliphatic rings. The first-order valence-electron chi connectivity index (χ1n) is 9.67. The Bertz CT molecular complexity index is 954. The lowest BCUT2D eigenvalue weighted by atomic mass is 9.63. The van der Waals surface area contributed by atoms with Gasteiger partial charge in [0.15, 0.2) is 0 Å². The molecule has 4 atom stereocenters. The minimum atomic E-state index is -3.73. The van der Waals surface area contributed by atoms with E-state index in [9.17, 15) is 22.8 Å². The summed E-state index contributed by atoms with van der Waals surface area (Å²) in [5.74, 6) is -1.25. The molecule has 1 heterocycles. The van der Waals surface area contributed by atoms with Crippen molar-refractivity contribution in [3.05, 3.63) is 42.0 Å². The molecule has 3 aliphatic carbocycles. The number of nitrogens with one attached hydrogen (secondary N) is 1. The number of imide groups is 1. The fourth-order valence-corrected chi connectivity index (χ4v) is 5.20. The Labute approximate surface area is 169 Å². The van der Waals surface area contributed by atoms with Gasteiger partial charge in [-0.05, 0) is 48.8 Å². The smallest absolute Gasteiger partial charge is 0.240 e. The van der Waals surface area contributed by atoms with Crippen LogP contribution in [0.15, 0.2) is 41.3 Å². The molecule has 3 N–H and O–H groups in total. The average Bonchev–Trinajstić information content (AvgIpc) is 2.96. The lowest BCUT2D eigenvalue weighted by Crippen LogP contribution is -2.41. The van der Waals surface area contributed by atoms with Crippen LogP contribution in [0.5, 0.6) is 0 Å². The van der Waals surface area contributed by atoms with E-state index in [4.69, 9.17) is 5.14 Å². The summed E-state index contributed by atoms with van der Waals surface area (Å²) in [5, 5.41) is 7.78. The third kappa shape index (κ3) is 3.72. The molecule has 0 radical (unpaired) electrons. The lowest BCUT2D eigenvalue weighted by molar-refractivity contribution is -0.143. The second kappa shape index (κ2) is 7.38. The van der Waals surface area contributed by atoms with Crippen LogP contribution >= 0.6 is 0 Å². The van der Waals surface area contributed by atoms with Gasteiger partial charge in [0.1, 0.15) is 6.54 Å². The van der Waals surface area contributed by atoms with Crippen molar-refractivity contribution in [2.24, 2.45) is 28.8 Å². The van der Waals surface area contributed by atoms with Crippen molar-refractivity contribution in [3.8, 4) is 0 Å². The molecule has 8 nitrogen and oxygen atoms in total. The van der Waals surface area contributed by atoms with E-state index in [2.05, 4.69) is 5.32 Å². The highest BCUT2D eigenvalue weighted by Crippen LogP contribution is 2.49. The number of amides is 3. The topological polar surface area (TPSA) is 127 Å². The monoisotopic (exact) mass is 417 g/mol. The van der Waals surface area contributed by atoms with Gasteiger partial charge in [0, 0.05) is 6.54 Å². The summed E-state index contributed by atoms with van der Waals surface area (Å²) in [7, 11) is -3.73. The number of benzene rings is 1. The SMILES string of the molecule is NS(=O)(=O)c1ccc(CCNC(=O)CN2C(=O)[C@H]3[C@H](C2=O)[C@H]2C=C[C@H]3CC2)cc1. The number of hydrogen-bond donors (Lipinski definition) is 2. The molecule has 1 aromatic carbocycles. The van der Waals surface area contributed by atoms with E-state index in [0.717, 1.165) is 23.3 Å². The molecule has 2 bridgehead atoms. The van der Waals surface area contributed by atoms with Crippen molar-refractivity contribution >= 4 is 27.7 Å². The van der Waals surface area contributed by atoms with E-state index < -0.39 is 10.0 Å². The van der Waals surface area contributed by atoms with Gasteiger partial charge in [0.25, 0.3) is 0 Å². The Morgan fingerprint density at radius 2 is 1.59 bits per heavy atom. The number of nitrogens with two attached hydrogens (primary N) is 1. The molecule has 1 aromatic rings. The number of hydrogen-bond acceptors (Lipinski definition) is 5. The number of carbonyl (C=O) groups is 3. The van der Waals surface area contributed by atoms with Gasteiger partial charge in [-0.3, -0.25) is 19.3 Å². The summed E-state index contributed by atoms with van der Waals surface area (Å²) in [6, 6.07) is 6.09. The standard InChI is InChI=1S/C20H23N3O5S/c21-29(27,28)15-7-1-12(2-8-15)9-10-22-16(24)11-23-19(25)17-13-3-4-14(6-5-13)18(17)20(23)26/h1-4,7-8,13-14,17-18H,5-6,9-11H2,(H,22,24)(H2,21,27,28)/t13-,14-,17+,18+/m0/s1. The number of nitrogens with zero attached hydrogens (tertiary/aromatic N) is 1. The molecule has 3 amide bonds. The second-order valence-corrected chi connectivity index (χ2v) is 9.45. The van der Waals surface area contributed by atoms with Gasteiger partial charge in [-0.2, -0.15) is 0 Å². The lowest BCUT2D eigenvalue weighted by Gasteiger charge is -2.38. The Kier molecular flexibility index (Phi) is 5.04. The molecule has 5 rings (SSSR count). The maximum Gasteiger partial charge on any atom is 0.240 e. The zero-order chi connectivity index (χ0) is 20.8. The number of likely N-dealkylation sites (tertiary alicyclic amines) is 1. The van der Waals surface area contributed by atoms with Crippen LogP contribution in [0.2, 0.25) is 0 Å². The van der Waals surface area contributed by atoms with Gasteiger partial charge >= 0.3 is 0 Å². The molecular formula is C20H23N3O5S. The number of carbonyl (C=O) groups excluding carboxylic acids is 3. The van der Waals surface area contributed by atoms with E-state index >= 15 is 0 Å². The normalized spacial score (nSPS) is 28.0. The molecule has 2 fully saturated rings. The van der Waals surface area contributed by atoms with E-state index in [0.29, 0.717) is 13.0 Å². The fourth-order valence-electron chi connectivity index (χ4n) is 4.68. The van der Waals surface area contributed by atoms with Crippen molar-refractivity contribution in [3.63, 3.8) is 0 Å². The van der Waals surface area contributed by atoms with Crippen LogP contribution in [0.1, 0.15) is 18.4 Å². The summed E-state index contributed by atoms with van der Waals surface area (Å²) in [4.78, 5) is 38.9. The molecule has 0 unspecified atom stereocenters. The highest BCUT2D eigenvalue weighted by atomic mass is 32.2. The number of primary sulfonamides is 1. The van der Waals surface area contributed by atoms with Crippen LogP contribution in [0.25, 0.3) is 0 Å².